The second-order valence-corrected chi connectivity index (χ2v) is 4.10. The minimum atomic E-state index is -1.11. The summed E-state index contributed by atoms with van der Waals surface area (Å²) in [5.74, 6) is -3.41. The number of nitrogens with zero attached hydrogens (tertiary/aromatic N) is 1. The summed E-state index contributed by atoms with van der Waals surface area (Å²) in [5.41, 5.74) is 4.27. The third kappa shape index (κ3) is 3.43. The van der Waals surface area contributed by atoms with Gasteiger partial charge in [-0.2, -0.15) is 0 Å². The van der Waals surface area contributed by atoms with Crippen LogP contribution in [-0.2, 0) is 4.79 Å². The van der Waals surface area contributed by atoms with Crippen LogP contribution < -0.4 is 11.1 Å². The van der Waals surface area contributed by atoms with Gasteiger partial charge >= 0.3 is 0 Å². The molecule has 1 aromatic carbocycles. The summed E-state index contributed by atoms with van der Waals surface area (Å²) in [6.07, 6.45) is 0. The van der Waals surface area contributed by atoms with Gasteiger partial charge in [-0.1, -0.05) is 0 Å². The molecular weight excluding hydrogens is 268 g/mol. The van der Waals surface area contributed by atoms with E-state index in [4.69, 9.17) is 5.73 Å². The summed E-state index contributed by atoms with van der Waals surface area (Å²) >= 11 is 0. The first kappa shape index (κ1) is 15.9. The van der Waals surface area contributed by atoms with Crippen molar-refractivity contribution >= 4 is 17.5 Å². The number of carbonyl (C=O) groups is 2. The van der Waals surface area contributed by atoms with E-state index in [-0.39, 0.29) is 18.8 Å². The molecule has 3 N–H and O–H groups in total. The Balaban J connectivity index is 3.03. The van der Waals surface area contributed by atoms with Crippen LogP contribution >= 0.6 is 0 Å². The Morgan fingerprint density at radius 3 is 2.50 bits per heavy atom. The lowest BCUT2D eigenvalue weighted by Gasteiger charge is -2.21. The highest BCUT2D eigenvalue weighted by atomic mass is 19.1. The number of hydrogen-bond acceptors (Lipinski definition) is 3. The predicted octanol–water partition coefficient (Wildman–Crippen LogP) is 1.15. The number of amides is 2. The van der Waals surface area contributed by atoms with Gasteiger partial charge < -0.3 is 16.0 Å². The van der Waals surface area contributed by atoms with E-state index in [1.54, 1.807) is 13.8 Å². The molecule has 7 heteroatoms. The fraction of sp³-hybridized carbons (Fsp3) is 0.385. The average Bonchev–Trinajstić information content (AvgIpc) is 2.41. The minimum Gasteiger partial charge on any atom is -0.396 e. The lowest BCUT2D eigenvalue weighted by atomic mass is 10.1. The molecule has 0 aliphatic rings. The van der Waals surface area contributed by atoms with E-state index in [2.05, 4.69) is 5.32 Å². The maximum atomic E-state index is 13.8. The summed E-state index contributed by atoms with van der Waals surface area (Å²) in [5, 5.41) is 2.51. The van der Waals surface area contributed by atoms with Gasteiger partial charge in [-0.3, -0.25) is 9.59 Å². The number of benzene rings is 1. The molecule has 1 aromatic rings. The first-order chi connectivity index (χ1) is 9.42. The normalized spacial score (nSPS) is 10.2. The number of nitrogens with one attached hydrogen (secondary N) is 1. The molecule has 0 fully saturated rings. The standard InChI is InChI=1S/C13H17F2N3O2/c1-3-17-10(19)7-18(4-2)13(20)11-8(14)5-6-9(16)12(11)15/h5-6H,3-4,7,16H2,1-2H3,(H,17,19). The fourth-order valence-corrected chi connectivity index (χ4v) is 1.68. The Kier molecular flexibility index (Phi) is 5.42. The number of rotatable bonds is 5. The van der Waals surface area contributed by atoms with Crippen LogP contribution in [0, 0.1) is 11.6 Å². The molecule has 0 bridgehead atoms. The Hall–Kier alpha value is -2.18. The third-order valence-corrected chi connectivity index (χ3v) is 2.71. The van der Waals surface area contributed by atoms with Crippen molar-refractivity contribution in [3.05, 3.63) is 29.3 Å². The zero-order valence-corrected chi connectivity index (χ0v) is 11.4. The summed E-state index contributed by atoms with van der Waals surface area (Å²) < 4.78 is 27.4. The van der Waals surface area contributed by atoms with Gasteiger partial charge in [0.25, 0.3) is 5.91 Å². The molecule has 0 unspecified atom stereocenters. The van der Waals surface area contributed by atoms with Crippen molar-refractivity contribution in [3.63, 3.8) is 0 Å². The number of likely N-dealkylation sites (N-methyl/N-ethyl adjacent to an activating group) is 2. The molecule has 110 valence electrons. The van der Waals surface area contributed by atoms with Crippen molar-refractivity contribution < 1.29 is 18.4 Å². The maximum absolute atomic E-state index is 13.8. The van der Waals surface area contributed by atoms with Gasteiger partial charge in [0.2, 0.25) is 5.91 Å². The molecule has 2 amide bonds. The SMILES string of the molecule is CCNC(=O)CN(CC)C(=O)c1c(F)ccc(N)c1F. The Labute approximate surface area is 115 Å². The molecule has 0 aromatic heterocycles. The number of hydrogen-bond donors (Lipinski definition) is 2. The average molecular weight is 285 g/mol. The number of halogens is 2. The fourth-order valence-electron chi connectivity index (χ4n) is 1.68. The van der Waals surface area contributed by atoms with E-state index in [1.807, 2.05) is 0 Å². The van der Waals surface area contributed by atoms with E-state index < -0.39 is 29.0 Å². The zero-order chi connectivity index (χ0) is 15.3. The largest absolute Gasteiger partial charge is 0.396 e. The van der Waals surface area contributed by atoms with Gasteiger partial charge in [0.15, 0.2) is 5.82 Å². The monoisotopic (exact) mass is 285 g/mol. The summed E-state index contributed by atoms with van der Waals surface area (Å²) in [4.78, 5) is 24.6. The number of carbonyl (C=O) groups excluding carboxylic acids is 2. The maximum Gasteiger partial charge on any atom is 0.260 e. The van der Waals surface area contributed by atoms with E-state index in [1.165, 1.54) is 0 Å². The molecular formula is C13H17F2N3O2. The molecule has 1 rings (SSSR count). The van der Waals surface area contributed by atoms with Gasteiger partial charge in [-0.05, 0) is 26.0 Å². The van der Waals surface area contributed by atoms with Crippen molar-refractivity contribution in [1.82, 2.24) is 10.2 Å². The van der Waals surface area contributed by atoms with E-state index in [0.717, 1.165) is 17.0 Å². The predicted molar refractivity (Wildman–Crippen MR) is 71.0 cm³/mol. The lowest BCUT2D eigenvalue weighted by molar-refractivity contribution is -0.121. The molecule has 0 saturated carbocycles. The second kappa shape index (κ2) is 6.83. The second-order valence-electron chi connectivity index (χ2n) is 4.10. The summed E-state index contributed by atoms with van der Waals surface area (Å²) in [6.45, 7) is 3.62. The zero-order valence-electron chi connectivity index (χ0n) is 11.4. The van der Waals surface area contributed by atoms with Gasteiger partial charge in [0, 0.05) is 13.1 Å². The minimum absolute atomic E-state index is 0.143. The van der Waals surface area contributed by atoms with Crippen molar-refractivity contribution in [2.75, 3.05) is 25.4 Å². The van der Waals surface area contributed by atoms with Crippen LogP contribution in [0.5, 0.6) is 0 Å². The summed E-state index contributed by atoms with van der Waals surface area (Å²) in [7, 11) is 0. The van der Waals surface area contributed by atoms with E-state index in [0.29, 0.717) is 6.54 Å². The Morgan fingerprint density at radius 2 is 1.95 bits per heavy atom. The first-order valence-corrected chi connectivity index (χ1v) is 6.21. The Bertz CT molecular complexity index is 521. The molecule has 0 spiro atoms. The van der Waals surface area contributed by atoms with E-state index >= 15 is 0 Å². The lowest BCUT2D eigenvalue weighted by Crippen LogP contribution is -2.41. The number of anilines is 1. The van der Waals surface area contributed by atoms with Crippen molar-refractivity contribution in [2.24, 2.45) is 0 Å². The quantitative estimate of drug-likeness (QED) is 0.797. The van der Waals surface area contributed by atoms with Crippen molar-refractivity contribution in [1.29, 1.82) is 0 Å². The van der Waals surface area contributed by atoms with Crippen LogP contribution in [0.3, 0.4) is 0 Å². The van der Waals surface area contributed by atoms with Crippen LogP contribution in [0.2, 0.25) is 0 Å². The highest BCUT2D eigenvalue weighted by molar-refractivity contribution is 5.97. The van der Waals surface area contributed by atoms with Crippen LogP contribution in [0.15, 0.2) is 12.1 Å². The third-order valence-electron chi connectivity index (χ3n) is 2.71. The van der Waals surface area contributed by atoms with Crippen molar-refractivity contribution in [3.8, 4) is 0 Å². The van der Waals surface area contributed by atoms with Gasteiger partial charge in [-0.25, -0.2) is 8.78 Å². The van der Waals surface area contributed by atoms with Crippen LogP contribution in [0.4, 0.5) is 14.5 Å². The summed E-state index contributed by atoms with van der Waals surface area (Å²) in [6, 6.07) is 1.97. The molecule has 0 aliphatic carbocycles. The molecule has 0 aliphatic heterocycles. The molecule has 0 heterocycles. The smallest absolute Gasteiger partial charge is 0.260 e. The van der Waals surface area contributed by atoms with Crippen LogP contribution in [0.25, 0.3) is 0 Å². The molecule has 0 radical (unpaired) electrons. The van der Waals surface area contributed by atoms with Crippen LogP contribution in [-0.4, -0.2) is 36.3 Å². The van der Waals surface area contributed by atoms with Crippen LogP contribution in [0.1, 0.15) is 24.2 Å². The number of nitrogens with two attached hydrogens (primary N) is 1. The van der Waals surface area contributed by atoms with E-state index in [9.17, 15) is 18.4 Å². The van der Waals surface area contributed by atoms with Gasteiger partial charge in [-0.15, -0.1) is 0 Å². The Morgan fingerprint density at radius 1 is 1.30 bits per heavy atom. The first-order valence-electron chi connectivity index (χ1n) is 6.21. The molecule has 0 atom stereocenters. The molecule has 0 saturated heterocycles. The topological polar surface area (TPSA) is 75.4 Å². The highest BCUT2D eigenvalue weighted by Gasteiger charge is 2.25. The molecule has 20 heavy (non-hydrogen) atoms. The number of nitrogen functional groups attached to an aromatic ring is 1. The highest BCUT2D eigenvalue weighted by Crippen LogP contribution is 2.20. The van der Waals surface area contributed by atoms with Gasteiger partial charge in [0.1, 0.15) is 11.4 Å². The molecule has 5 nitrogen and oxygen atoms in total. The van der Waals surface area contributed by atoms with Crippen molar-refractivity contribution in [2.45, 2.75) is 13.8 Å². The van der Waals surface area contributed by atoms with Gasteiger partial charge in [0.05, 0.1) is 12.2 Å².